The lowest BCUT2D eigenvalue weighted by atomic mass is 10.2. The van der Waals surface area contributed by atoms with E-state index < -0.39 is 0 Å². The molecule has 0 aromatic carbocycles. The number of nitrogens with one attached hydrogen (secondary N) is 1. The first-order chi connectivity index (χ1) is 5.29. The summed E-state index contributed by atoms with van der Waals surface area (Å²) in [4.78, 5) is 11.0. The molecule has 5 heteroatoms. The van der Waals surface area contributed by atoms with Gasteiger partial charge in [0.15, 0.2) is 0 Å². The highest BCUT2D eigenvalue weighted by atomic mass is 16.2. The quantitative estimate of drug-likeness (QED) is 0.530. The highest BCUT2D eigenvalue weighted by Crippen LogP contribution is 2.12. The predicted molar refractivity (Wildman–Crippen MR) is 39.1 cm³/mol. The molecule has 11 heavy (non-hydrogen) atoms. The molecular weight excluding hydrogens is 144 g/mol. The van der Waals surface area contributed by atoms with Crippen LogP contribution in [0.5, 0.6) is 0 Å². The minimum absolute atomic E-state index is 0.192. The number of hydrogen-bond acceptors (Lipinski definition) is 3. The molecule has 0 spiro atoms. The lowest BCUT2D eigenvalue weighted by Crippen LogP contribution is -2.37. The summed E-state index contributed by atoms with van der Waals surface area (Å²) >= 11 is 0. The Morgan fingerprint density at radius 1 is 1.73 bits per heavy atom. The van der Waals surface area contributed by atoms with Gasteiger partial charge in [0.2, 0.25) is 0 Å². The van der Waals surface area contributed by atoms with Gasteiger partial charge in [0.05, 0.1) is 17.6 Å². The predicted octanol–water partition coefficient (Wildman–Crippen LogP) is -0.421. The third-order valence-corrected chi connectivity index (χ3v) is 1.73. The van der Waals surface area contributed by atoms with Gasteiger partial charge in [-0.15, -0.1) is 0 Å². The third-order valence-electron chi connectivity index (χ3n) is 1.73. The summed E-state index contributed by atoms with van der Waals surface area (Å²) in [6.07, 6.45) is 2.26. The molecule has 1 aromatic rings. The van der Waals surface area contributed by atoms with Gasteiger partial charge >= 0.3 is 6.03 Å². The minimum atomic E-state index is -0.192. The topological polar surface area (TPSA) is 72.9 Å². The van der Waals surface area contributed by atoms with Crippen molar-refractivity contribution in [3.63, 3.8) is 0 Å². The summed E-state index contributed by atoms with van der Waals surface area (Å²) in [5, 5.41) is 6.47. The molecule has 0 saturated carbocycles. The number of nitrogens with zero attached hydrogens (tertiary/aromatic N) is 2. The van der Waals surface area contributed by atoms with Gasteiger partial charge in [0.1, 0.15) is 0 Å². The Hall–Kier alpha value is -1.52. The Morgan fingerprint density at radius 3 is 3.27 bits per heavy atom. The highest BCUT2D eigenvalue weighted by molar-refractivity contribution is 5.79. The van der Waals surface area contributed by atoms with Gasteiger partial charge in [-0.25, -0.2) is 4.79 Å². The summed E-state index contributed by atoms with van der Waals surface area (Å²) in [5.74, 6) is 0. The largest absolute Gasteiger partial charge is 0.396 e. The molecule has 1 aromatic heterocycles. The molecule has 0 unspecified atom stereocenters. The zero-order valence-electron chi connectivity index (χ0n) is 5.87. The smallest absolute Gasteiger partial charge is 0.342 e. The standard InChI is InChI=1S/C6H8N4O/c7-4-3-9-10-5(4)1-2-8-6(10)11/h3H,1-2,7H2,(H,8,11). The number of anilines is 1. The first kappa shape index (κ1) is 6.21. The Morgan fingerprint density at radius 2 is 2.55 bits per heavy atom. The molecule has 2 heterocycles. The molecule has 1 aliphatic rings. The number of rotatable bonds is 0. The first-order valence-electron chi connectivity index (χ1n) is 3.39. The maximum absolute atomic E-state index is 11.0. The second kappa shape index (κ2) is 1.98. The molecule has 2 rings (SSSR count). The van der Waals surface area contributed by atoms with Gasteiger partial charge in [0.25, 0.3) is 0 Å². The summed E-state index contributed by atoms with van der Waals surface area (Å²) < 4.78 is 1.30. The van der Waals surface area contributed by atoms with E-state index in [1.807, 2.05) is 0 Å². The SMILES string of the molecule is Nc1cnn2c1CCNC2=O. The van der Waals surface area contributed by atoms with Crippen LogP contribution in [0.4, 0.5) is 10.5 Å². The summed E-state index contributed by atoms with van der Waals surface area (Å²) in [7, 11) is 0. The molecular formula is C6H8N4O. The zero-order valence-corrected chi connectivity index (χ0v) is 5.87. The Bertz CT molecular complexity index is 304. The molecule has 5 nitrogen and oxygen atoms in total. The lowest BCUT2D eigenvalue weighted by Gasteiger charge is -2.13. The fraction of sp³-hybridized carbons (Fsp3) is 0.333. The number of aromatic nitrogens is 2. The van der Waals surface area contributed by atoms with Crippen molar-refractivity contribution in [2.75, 3.05) is 12.3 Å². The van der Waals surface area contributed by atoms with Gasteiger partial charge < -0.3 is 11.1 Å². The Kier molecular flexibility index (Phi) is 1.12. The van der Waals surface area contributed by atoms with Crippen LogP contribution in [-0.4, -0.2) is 22.4 Å². The van der Waals surface area contributed by atoms with Crippen LogP contribution >= 0.6 is 0 Å². The van der Waals surface area contributed by atoms with Crippen LogP contribution in [0.1, 0.15) is 5.69 Å². The van der Waals surface area contributed by atoms with Crippen molar-refractivity contribution in [3.05, 3.63) is 11.9 Å². The molecule has 0 aliphatic carbocycles. The van der Waals surface area contributed by atoms with Crippen molar-refractivity contribution in [2.45, 2.75) is 6.42 Å². The number of nitrogen functional groups attached to an aromatic ring is 1. The molecule has 1 amide bonds. The lowest BCUT2D eigenvalue weighted by molar-refractivity contribution is 0.236. The van der Waals surface area contributed by atoms with Crippen LogP contribution in [-0.2, 0) is 6.42 Å². The molecule has 0 fully saturated rings. The third kappa shape index (κ3) is 0.772. The average molecular weight is 152 g/mol. The summed E-state index contributed by atoms with van der Waals surface area (Å²) in [6, 6.07) is -0.192. The van der Waals surface area contributed by atoms with Gasteiger partial charge in [-0.1, -0.05) is 0 Å². The van der Waals surface area contributed by atoms with Crippen molar-refractivity contribution >= 4 is 11.7 Å². The van der Waals surface area contributed by atoms with E-state index in [1.54, 1.807) is 0 Å². The Labute approximate surface area is 63.2 Å². The van der Waals surface area contributed by atoms with E-state index in [-0.39, 0.29) is 6.03 Å². The maximum atomic E-state index is 11.0. The monoisotopic (exact) mass is 152 g/mol. The highest BCUT2D eigenvalue weighted by Gasteiger charge is 2.18. The second-order valence-corrected chi connectivity index (χ2v) is 2.44. The fourth-order valence-electron chi connectivity index (χ4n) is 1.17. The van der Waals surface area contributed by atoms with Crippen molar-refractivity contribution in [3.8, 4) is 0 Å². The molecule has 0 radical (unpaired) electrons. The van der Waals surface area contributed by atoms with E-state index in [1.165, 1.54) is 10.9 Å². The number of hydrogen-bond donors (Lipinski definition) is 2. The van der Waals surface area contributed by atoms with Gasteiger partial charge in [-0.3, -0.25) is 0 Å². The number of nitrogens with two attached hydrogens (primary N) is 1. The Balaban J connectivity index is 2.55. The average Bonchev–Trinajstić information content (AvgIpc) is 2.35. The van der Waals surface area contributed by atoms with Crippen molar-refractivity contribution in [2.24, 2.45) is 0 Å². The van der Waals surface area contributed by atoms with Gasteiger partial charge in [0, 0.05) is 13.0 Å². The number of fused-ring (bicyclic) bond motifs is 1. The number of carbonyl (C=O) groups is 1. The van der Waals surface area contributed by atoms with Crippen LogP contribution in [0.3, 0.4) is 0 Å². The zero-order chi connectivity index (χ0) is 7.84. The van der Waals surface area contributed by atoms with Crippen molar-refractivity contribution in [1.29, 1.82) is 0 Å². The van der Waals surface area contributed by atoms with E-state index in [0.717, 1.165) is 12.1 Å². The fourth-order valence-corrected chi connectivity index (χ4v) is 1.17. The summed E-state index contributed by atoms with van der Waals surface area (Å²) in [6.45, 7) is 0.648. The van der Waals surface area contributed by atoms with Crippen molar-refractivity contribution < 1.29 is 4.79 Å². The molecule has 3 N–H and O–H groups in total. The normalized spacial score (nSPS) is 15.8. The second-order valence-electron chi connectivity index (χ2n) is 2.44. The molecule has 0 bridgehead atoms. The van der Waals surface area contributed by atoms with Crippen LogP contribution < -0.4 is 11.1 Å². The van der Waals surface area contributed by atoms with E-state index in [9.17, 15) is 4.79 Å². The van der Waals surface area contributed by atoms with E-state index in [0.29, 0.717) is 12.2 Å². The first-order valence-corrected chi connectivity index (χ1v) is 3.39. The maximum Gasteiger partial charge on any atom is 0.342 e. The van der Waals surface area contributed by atoms with Gasteiger partial charge in [-0.05, 0) is 0 Å². The van der Waals surface area contributed by atoms with Crippen molar-refractivity contribution in [1.82, 2.24) is 15.1 Å². The van der Waals surface area contributed by atoms with Crippen LogP contribution in [0, 0.1) is 0 Å². The molecule has 58 valence electrons. The van der Waals surface area contributed by atoms with Crippen LogP contribution in [0.25, 0.3) is 0 Å². The number of carbonyl (C=O) groups excluding carboxylic acids is 1. The minimum Gasteiger partial charge on any atom is -0.396 e. The molecule has 0 saturated heterocycles. The van der Waals surface area contributed by atoms with E-state index >= 15 is 0 Å². The molecule has 0 atom stereocenters. The number of amides is 1. The summed E-state index contributed by atoms with van der Waals surface area (Å²) in [5.41, 5.74) is 6.97. The van der Waals surface area contributed by atoms with Crippen LogP contribution in [0.2, 0.25) is 0 Å². The van der Waals surface area contributed by atoms with Gasteiger partial charge in [-0.2, -0.15) is 9.78 Å². The van der Waals surface area contributed by atoms with E-state index in [2.05, 4.69) is 10.4 Å². The molecule has 1 aliphatic heterocycles. The van der Waals surface area contributed by atoms with Crippen LogP contribution in [0.15, 0.2) is 6.20 Å². The van der Waals surface area contributed by atoms with E-state index in [4.69, 9.17) is 5.73 Å².